The van der Waals surface area contributed by atoms with Crippen LogP contribution in [0.4, 0.5) is 0 Å². The summed E-state index contributed by atoms with van der Waals surface area (Å²) in [6.07, 6.45) is 10.7. The second-order valence-electron chi connectivity index (χ2n) is 5.36. The lowest BCUT2D eigenvalue weighted by atomic mass is 9.85. The SMILES string of the molecule is CCC1CCCCC1Oc1cnn(C(C)C)c1. The Morgan fingerprint density at radius 3 is 2.82 bits per heavy atom. The fourth-order valence-electron chi connectivity index (χ4n) is 2.63. The van der Waals surface area contributed by atoms with Crippen molar-refractivity contribution in [2.45, 2.75) is 65.0 Å². The summed E-state index contributed by atoms with van der Waals surface area (Å²) in [5.74, 6) is 1.66. The molecule has 96 valence electrons. The predicted molar refractivity (Wildman–Crippen MR) is 69.3 cm³/mol. The lowest BCUT2D eigenvalue weighted by Gasteiger charge is -2.30. The van der Waals surface area contributed by atoms with Crippen LogP contribution in [0.25, 0.3) is 0 Å². The van der Waals surface area contributed by atoms with Crippen LogP contribution >= 0.6 is 0 Å². The zero-order valence-corrected chi connectivity index (χ0v) is 11.2. The van der Waals surface area contributed by atoms with E-state index in [0.717, 1.165) is 11.7 Å². The summed E-state index contributed by atoms with van der Waals surface area (Å²) in [5.41, 5.74) is 0. The average molecular weight is 236 g/mol. The van der Waals surface area contributed by atoms with Gasteiger partial charge in [0, 0.05) is 6.04 Å². The second kappa shape index (κ2) is 5.56. The number of hydrogen-bond acceptors (Lipinski definition) is 2. The highest BCUT2D eigenvalue weighted by Gasteiger charge is 2.25. The molecule has 2 rings (SSSR count). The van der Waals surface area contributed by atoms with E-state index in [2.05, 4.69) is 25.9 Å². The van der Waals surface area contributed by atoms with Gasteiger partial charge in [-0.3, -0.25) is 4.68 Å². The molecule has 0 aliphatic heterocycles. The Bertz CT molecular complexity index is 346. The van der Waals surface area contributed by atoms with Crippen molar-refractivity contribution in [1.29, 1.82) is 0 Å². The minimum Gasteiger partial charge on any atom is -0.487 e. The van der Waals surface area contributed by atoms with Gasteiger partial charge in [0.05, 0.1) is 12.4 Å². The molecule has 1 aromatic heterocycles. The van der Waals surface area contributed by atoms with Crippen LogP contribution in [0.1, 0.15) is 58.9 Å². The Balaban J connectivity index is 1.98. The van der Waals surface area contributed by atoms with Crippen LogP contribution in [-0.4, -0.2) is 15.9 Å². The quantitative estimate of drug-likeness (QED) is 0.794. The van der Waals surface area contributed by atoms with Gasteiger partial charge in [0.25, 0.3) is 0 Å². The van der Waals surface area contributed by atoms with E-state index in [1.165, 1.54) is 32.1 Å². The van der Waals surface area contributed by atoms with E-state index in [1.54, 1.807) is 0 Å². The van der Waals surface area contributed by atoms with Gasteiger partial charge in [-0.15, -0.1) is 0 Å². The van der Waals surface area contributed by atoms with Crippen molar-refractivity contribution in [2.75, 3.05) is 0 Å². The van der Waals surface area contributed by atoms with Crippen molar-refractivity contribution in [3.63, 3.8) is 0 Å². The molecule has 0 spiro atoms. The molecule has 0 bridgehead atoms. The highest BCUT2D eigenvalue weighted by molar-refractivity contribution is 5.13. The molecule has 1 saturated carbocycles. The normalized spacial score (nSPS) is 25.2. The maximum absolute atomic E-state index is 6.11. The molecule has 2 atom stereocenters. The zero-order valence-electron chi connectivity index (χ0n) is 11.2. The van der Waals surface area contributed by atoms with Gasteiger partial charge in [-0.05, 0) is 45.4 Å². The standard InChI is InChI=1S/C14H24N2O/c1-4-12-7-5-6-8-14(12)17-13-9-15-16(10-13)11(2)3/h9-12,14H,4-8H2,1-3H3. The molecule has 0 amide bonds. The monoisotopic (exact) mass is 236 g/mol. The molecule has 1 aromatic rings. The Morgan fingerprint density at radius 1 is 1.41 bits per heavy atom. The van der Waals surface area contributed by atoms with Crippen molar-refractivity contribution < 1.29 is 4.74 Å². The van der Waals surface area contributed by atoms with Gasteiger partial charge in [0.2, 0.25) is 0 Å². The first-order chi connectivity index (χ1) is 8.20. The van der Waals surface area contributed by atoms with Crippen LogP contribution < -0.4 is 4.74 Å². The molecule has 1 heterocycles. The molecule has 1 fully saturated rings. The highest BCUT2D eigenvalue weighted by atomic mass is 16.5. The fourth-order valence-corrected chi connectivity index (χ4v) is 2.63. The van der Waals surface area contributed by atoms with Crippen LogP contribution in [0.2, 0.25) is 0 Å². The van der Waals surface area contributed by atoms with Crippen molar-refractivity contribution in [1.82, 2.24) is 9.78 Å². The lowest BCUT2D eigenvalue weighted by molar-refractivity contribution is 0.0902. The molecule has 2 unspecified atom stereocenters. The fraction of sp³-hybridized carbons (Fsp3) is 0.786. The smallest absolute Gasteiger partial charge is 0.157 e. The molecular weight excluding hydrogens is 212 g/mol. The molecule has 1 aliphatic rings. The predicted octanol–water partition coefficient (Wildman–Crippen LogP) is 3.81. The Hall–Kier alpha value is -0.990. The molecule has 1 aliphatic carbocycles. The molecule has 0 radical (unpaired) electrons. The minimum atomic E-state index is 0.401. The topological polar surface area (TPSA) is 27.1 Å². The highest BCUT2D eigenvalue weighted by Crippen LogP contribution is 2.30. The van der Waals surface area contributed by atoms with Gasteiger partial charge in [-0.2, -0.15) is 5.10 Å². The maximum Gasteiger partial charge on any atom is 0.157 e. The third-order valence-corrected chi connectivity index (χ3v) is 3.76. The van der Waals surface area contributed by atoms with Gasteiger partial charge >= 0.3 is 0 Å². The van der Waals surface area contributed by atoms with Gasteiger partial charge < -0.3 is 4.74 Å². The number of aromatic nitrogens is 2. The van der Waals surface area contributed by atoms with Crippen molar-refractivity contribution in [3.05, 3.63) is 12.4 Å². The van der Waals surface area contributed by atoms with Crippen LogP contribution in [0.15, 0.2) is 12.4 Å². The minimum absolute atomic E-state index is 0.401. The lowest BCUT2D eigenvalue weighted by Crippen LogP contribution is -2.29. The van der Waals surface area contributed by atoms with Crippen molar-refractivity contribution in [2.24, 2.45) is 5.92 Å². The Labute approximate surface area is 104 Å². The summed E-state index contributed by atoms with van der Waals surface area (Å²) in [4.78, 5) is 0. The number of rotatable bonds is 4. The molecule has 0 aromatic carbocycles. The van der Waals surface area contributed by atoms with Gasteiger partial charge in [-0.1, -0.05) is 13.3 Å². The van der Waals surface area contributed by atoms with Gasteiger partial charge in [0.1, 0.15) is 6.10 Å². The summed E-state index contributed by atoms with van der Waals surface area (Å²) >= 11 is 0. The van der Waals surface area contributed by atoms with Crippen LogP contribution in [-0.2, 0) is 0 Å². The molecule has 17 heavy (non-hydrogen) atoms. The third-order valence-electron chi connectivity index (χ3n) is 3.76. The molecule has 3 heteroatoms. The van der Waals surface area contributed by atoms with E-state index in [1.807, 2.05) is 17.1 Å². The van der Waals surface area contributed by atoms with E-state index in [9.17, 15) is 0 Å². The largest absolute Gasteiger partial charge is 0.487 e. The second-order valence-corrected chi connectivity index (χ2v) is 5.36. The van der Waals surface area contributed by atoms with Gasteiger partial charge in [-0.25, -0.2) is 0 Å². The molecule has 0 N–H and O–H groups in total. The first-order valence-corrected chi connectivity index (χ1v) is 6.91. The summed E-state index contributed by atoms with van der Waals surface area (Å²) in [6, 6.07) is 0.403. The Morgan fingerprint density at radius 2 is 2.18 bits per heavy atom. The molecule has 0 saturated heterocycles. The Kier molecular flexibility index (Phi) is 4.08. The molecule has 3 nitrogen and oxygen atoms in total. The van der Waals surface area contributed by atoms with Crippen LogP contribution in [0.3, 0.4) is 0 Å². The van der Waals surface area contributed by atoms with Crippen LogP contribution in [0, 0.1) is 5.92 Å². The summed E-state index contributed by atoms with van der Waals surface area (Å²) in [7, 11) is 0. The van der Waals surface area contributed by atoms with Gasteiger partial charge in [0.15, 0.2) is 5.75 Å². The average Bonchev–Trinajstić information content (AvgIpc) is 2.78. The van der Waals surface area contributed by atoms with Crippen molar-refractivity contribution in [3.8, 4) is 5.75 Å². The number of hydrogen-bond donors (Lipinski definition) is 0. The first-order valence-electron chi connectivity index (χ1n) is 6.91. The van der Waals surface area contributed by atoms with E-state index >= 15 is 0 Å². The van der Waals surface area contributed by atoms with E-state index < -0.39 is 0 Å². The molecular formula is C14H24N2O. The summed E-state index contributed by atoms with van der Waals surface area (Å²) in [5, 5.41) is 4.32. The number of nitrogens with zero attached hydrogens (tertiary/aromatic N) is 2. The van der Waals surface area contributed by atoms with Crippen LogP contribution in [0.5, 0.6) is 5.75 Å². The summed E-state index contributed by atoms with van der Waals surface area (Å²) < 4.78 is 8.06. The van der Waals surface area contributed by atoms with E-state index in [-0.39, 0.29) is 0 Å². The summed E-state index contributed by atoms with van der Waals surface area (Å²) in [6.45, 7) is 6.53. The first kappa shape index (κ1) is 12.5. The zero-order chi connectivity index (χ0) is 12.3. The van der Waals surface area contributed by atoms with E-state index in [0.29, 0.717) is 12.1 Å². The maximum atomic E-state index is 6.11. The van der Waals surface area contributed by atoms with E-state index in [4.69, 9.17) is 4.74 Å². The van der Waals surface area contributed by atoms with Crippen molar-refractivity contribution >= 4 is 0 Å². The third kappa shape index (κ3) is 3.02. The number of ether oxygens (including phenoxy) is 1.